The zero-order valence-electron chi connectivity index (χ0n) is 7.32. The molecule has 0 N–H and O–H groups in total. The maximum Gasteiger partial charge on any atom is 0.264 e. The molecule has 4 nitrogen and oxygen atoms in total. The highest BCUT2D eigenvalue weighted by Gasteiger charge is 2.31. The van der Waals surface area contributed by atoms with Crippen LogP contribution in [0.25, 0.3) is 0 Å². The van der Waals surface area contributed by atoms with Crippen molar-refractivity contribution in [3.63, 3.8) is 0 Å². The van der Waals surface area contributed by atoms with E-state index in [2.05, 4.69) is 4.18 Å². The highest BCUT2D eigenvalue weighted by molar-refractivity contribution is 7.85. The molecule has 0 aromatic rings. The first-order valence-electron chi connectivity index (χ1n) is 3.90. The van der Waals surface area contributed by atoms with Crippen LogP contribution in [-0.2, 0) is 19.0 Å². The highest BCUT2D eigenvalue weighted by atomic mass is 32.2. The molecule has 0 amide bonds. The third-order valence-corrected chi connectivity index (χ3v) is 2.71. The van der Waals surface area contributed by atoms with E-state index in [1.54, 1.807) is 7.11 Å². The lowest BCUT2D eigenvalue weighted by Gasteiger charge is -2.34. The fourth-order valence-electron chi connectivity index (χ4n) is 1.25. The van der Waals surface area contributed by atoms with Gasteiger partial charge in [-0.15, -0.1) is 0 Å². The van der Waals surface area contributed by atoms with Crippen molar-refractivity contribution in [2.24, 2.45) is 5.92 Å². The largest absolute Gasteiger partial charge is 0.381 e. The first-order chi connectivity index (χ1) is 5.53. The molecule has 0 aliphatic heterocycles. The van der Waals surface area contributed by atoms with Crippen LogP contribution in [-0.4, -0.2) is 34.5 Å². The van der Waals surface area contributed by atoms with Crippen LogP contribution >= 0.6 is 0 Å². The van der Waals surface area contributed by atoms with Crippen LogP contribution in [0, 0.1) is 5.92 Å². The fraction of sp³-hybridized carbons (Fsp3) is 1.00. The van der Waals surface area contributed by atoms with Crippen LogP contribution in [0.15, 0.2) is 0 Å². The second-order valence-electron chi connectivity index (χ2n) is 3.10. The zero-order valence-corrected chi connectivity index (χ0v) is 8.13. The molecule has 0 aromatic heterocycles. The smallest absolute Gasteiger partial charge is 0.264 e. The number of hydrogen-bond donors (Lipinski definition) is 0. The Kier molecular flexibility index (Phi) is 3.09. The van der Waals surface area contributed by atoms with Gasteiger partial charge in [0, 0.05) is 13.0 Å². The molecule has 5 heteroatoms. The van der Waals surface area contributed by atoms with Crippen molar-refractivity contribution in [2.75, 3.05) is 20.0 Å². The Labute approximate surface area is 73.0 Å². The second-order valence-corrected chi connectivity index (χ2v) is 4.74. The first-order valence-corrected chi connectivity index (χ1v) is 5.72. The minimum atomic E-state index is -3.28. The van der Waals surface area contributed by atoms with Crippen molar-refractivity contribution in [1.29, 1.82) is 0 Å². The molecule has 0 radical (unpaired) electrons. The van der Waals surface area contributed by atoms with Crippen LogP contribution in [0.5, 0.6) is 0 Å². The van der Waals surface area contributed by atoms with E-state index < -0.39 is 10.1 Å². The van der Waals surface area contributed by atoms with Gasteiger partial charge in [0.05, 0.1) is 19.0 Å². The summed E-state index contributed by atoms with van der Waals surface area (Å²) in [7, 11) is -1.65. The van der Waals surface area contributed by atoms with Gasteiger partial charge in [-0.2, -0.15) is 8.42 Å². The lowest BCUT2D eigenvalue weighted by atomic mass is 9.83. The van der Waals surface area contributed by atoms with Crippen LogP contribution in [0.3, 0.4) is 0 Å². The van der Waals surface area contributed by atoms with Gasteiger partial charge in [0.2, 0.25) is 0 Å². The predicted octanol–water partition coefficient (Wildman–Crippen LogP) is 0.388. The van der Waals surface area contributed by atoms with Gasteiger partial charge in [0.1, 0.15) is 0 Å². The molecule has 0 bridgehead atoms. The third-order valence-electron chi connectivity index (χ3n) is 2.15. The molecule has 0 heterocycles. The lowest BCUT2D eigenvalue weighted by Crippen LogP contribution is -2.36. The number of methoxy groups -OCH3 is 1. The van der Waals surface area contributed by atoms with Crippen molar-refractivity contribution in [3.05, 3.63) is 0 Å². The van der Waals surface area contributed by atoms with Crippen LogP contribution in [0.2, 0.25) is 0 Å². The first kappa shape index (κ1) is 9.95. The summed E-state index contributed by atoms with van der Waals surface area (Å²) in [5, 5.41) is 0. The maximum atomic E-state index is 10.6. The van der Waals surface area contributed by atoms with Gasteiger partial charge in [0.15, 0.2) is 0 Å². The maximum absolute atomic E-state index is 10.6. The molecule has 1 aliphatic rings. The number of ether oxygens (including phenoxy) is 1. The van der Waals surface area contributed by atoms with Gasteiger partial charge in [-0.3, -0.25) is 4.18 Å². The van der Waals surface area contributed by atoms with E-state index in [0.717, 1.165) is 19.1 Å². The summed E-state index contributed by atoms with van der Waals surface area (Å²) in [6.07, 6.45) is 3.25. The average Bonchev–Trinajstić information content (AvgIpc) is 1.83. The Morgan fingerprint density at radius 2 is 2.08 bits per heavy atom. The summed E-state index contributed by atoms with van der Waals surface area (Å²) in [4.78, 5) is 0. The van der Waals surface area contributed by atoms with Gasteiger partial charge >= 0.3 is 0 Å². The van der Waals surface area contributed by atoms with Crippen molar-refractivity contribution < 1.29 is 17.3 Å². The standard InChI is InChI=1S/C7H14O4S/c1-10-7-4-3-6(7)5-11-12(2,8)9/h6-7H,3-5H2,1-2H3. The summed E-state index contributed by atoms with van der Waals surface area (Å²) in [6, 6.07) is 0. The second kappa shape index (κ2) is 3.72. The Morgan fingerprint density at radius 3 is 2.42 bits per heavy atom. The van der Waals surface area contributed by atoms with Gasteiger partial charge in [0.25, 0.3) is 10.1 Å². The monoisotopic (exact) mass is 194 g/mol. The minimum absolute atomic E-state index is 0.187. The Morgan fingerprint density at radius 1 is 1.42 bits per heavy atom. The lowest BCUT2D eigenvalue weighted by molar-refractivity contribution is -0.0333. The van der Waals surface area contributed by atoms with Crippen molar-refractivity contribution in [1.82, 2.24) is 0 Å². The van der Waals surface area contributed by atoms with E-state index in [9.17, 15) is 8.42 Å². The summed E-state index contributed by atoms with van der Waals surface area (Å²) < 4.78 is 31.0. The Hall–Kier alpha value is -0.130. The van der Waals surface area contributed by atoms with Crippen LogP contribution in [0.1, 0.15) is 12.8 Å². The SMILES string of the molecule is COC1CCC1COS(C)(=O)=O. The van der Waals surface area contributed by atoms with Crippen molar-refractivity contribution in [2.45, 2.75) is 18.9 Å². The molecule has 0 saturated heterocycles. The zero-order chi connectivity index (χ0) is 9.19. The molecule has 1 rings (SSSR count). The molecule has 2 atom stereocenters. The molecule has 0 spiro atoms. The topological polar surface area (TPSA) is 52.6 Å². The van der Waals surface area contributed by atoms with Gasteiger partial charge in [-0.25, -0.2) is 0 Å². The van der Waals surface area contributed by atoms with E-state index in [0.29, 0.717) is 0 Å². The van der Waals surface area contributed by atoms with E-state index >= 15 is 0 Å². The molecule has 1 saturated carbocycles. The van der Waals surface area contributed by atoms with Crippen molar-refractivity contribution in [3.8, 4) is 0 Å². The number of hydrogen-bond acceptors (Lipinski definition) is 4. The van der Waals surface area contributed by atoms with Gasteiger partial charge in [-0.1, -0.05) is 0 Å². The van der Waals surface area contributed by atoms with E-state index in [1.807, 2.05) is 0 Å². The molecular formula is C7H14O4S. The van der Waals surface area contributed by atoms with E-state index in [4.69, 9.17) is 4.74 Å². The van der Waals surface area contributed by atoms with Crippen LogP contribution in [0.4, 0.5) is 0 Å². The molecule has 72 valence electrons. The normalized spacial score (nSPS) is 29.8. The van der Waals surface area contributed by atoms with Crippen LogP contribution < -0.4 is 0 Å². The summed E-state index contributed by atoms with van der Waals surface area (Å²) in [5.74, 6) is 0.254. The number of rotatable bonds is 4. The fourth-order valence-corrected chi connectivity index (χ4v) is 1.67. The van der Waals surface area contributed by atoms with E-state index in [1.165, 1.54) is 0 Å². The third kappa shape index (κ3) is 2.73. The molecule has 1 aliphatic carbocycles. The Bertz CT molecular complexity index is 232. The predicted molar refractivity (Wildman–Crippen MR) is 44.3 cm³/mol. The summed E-state index contributed by atoms with van der Waals surface area (Å²) >= 11 is 0. The van der Waals surface area contributed by atoms with E-state index in [-0.39, 0.29) is 18.6 Å². The molecule has 2 unspecified atom stereocenters. The highest BCUT2D eigenvalue weighted by Crippen LogP contribution is 2.30. The summed E-state index contributed by atoms with van der Waals surface area (Å²) in [6.45, 7) is 0.261. The van der Waals surface area contributed by atoms with Gasteiger partial charge in [-0.05, 0) is 12.8 Å². The quantitative estimate of drug-likeness (QED) is 0.607. The minimum Gasteiger partial charge on any atom is -0.381 e. The van der Waals surface area contributed by atoms with Gasteiger partial charge < -0.3 is 4.74 Å². The molecular weight excluding hydrogens is 180 g/mol. The Balaban J connectivity index is 2.25. The molecule has 1 fully saturated rings. The molecule has 0 aromatic carbocycles. The van der Waals surface area contributed by atoms with Crippen molar-refractivity contribution >= 4 is 10.1 Å². The molecule has 12 heavy (non-hydrogen) atoms. The summed E-state index contributed by atoms with van der Waals surface area (Å²) in [5.41, 5.74) is 0. The average molecular weight is 194 g/mol.